The van der Waals surface area contributed by atoms with E-state index in [-0.39, 0.29) is 0 Å². The van der Waals surface area contributed by atoms with Gasteiger partial charge in [-0.25, -0.2) is 10.9 Å². The van der Waals surface area contributed by atoms with Crippen LogP contribution in [0.15, 0.2) is 0 Å². The summed E-state index contributed by atoms with van der Waals surface area (Å²) in [6, 6.07) is 0. The van der Waals surface area contributed by atoms with Crippen LogP contribution in [0, 0.1) is 0 Å². The molecule has 0 heterocycles. The number of nitrogens with zero attached hydrogens (tertiary/aromatic N) is 1. The molecule has 0 saturated carbocycles. The number of unbranched alkanes of at least 4 members (excludes halogenated alkanes) is 4. The zero-order valence-corrected chi connectivity index (χ0v) is 11.5. The van der Waals surface area contributed by atoms with E-state index in [2.05, 4.69) is 36.7 Å². The Morgan fingerprint density at radius 2 is 1.19 bits per heavy atom. The van der Waals surface area contributed by atoms with Crippen LogP contribution in [0.2, 0.25) is 0 Å². The topological polar surface area (TPSA) is 27.3 Å². The zero-order valence-electron chi connectivity index (χ0n) is 11.5. The second kappa shape index (κ2) is 12.9. The van der Waals surface area contributed by atoms with Crippen molar-refractivity contribution in [2.75, 3.05) is 19.6 Å². The zero-order chi connectivity index (χ0) is 12.1. The molecule has 3 nitrogen and oxygen atoms in total. The highest BCUT2D eigenvalue weighted by Crippen LogP contribution is 1.94. The Labute approximate surface area is 102 Å². The molecule has 0 saturated heterocycles. The largest absolute Gasteiger partial charge is 0.242 e. The molecule has 3 heteroatoms. The molecule has 0 radical (unpaired) electrons. The quantitative estimate of drug-likeness (QED) is 0.398. The van der Waals surface area contributed by atoms with Gasteiger partial charge in [0, 0.05) is 19.6 Å². The van der Waals surface area contributed by atoms with Crippen LogP contribution in [0.4, 0.5) is 0 Å². The smallest absolute Gasteiger partial charge is 0.0285 e. The second-order valence-corrected chi connectivity index (χ2v) is 4.38. The van der Waals surface area contributed by atoms with Gasteiger partial charge in [-0.05, 0) is 19.3 Å². The van der Waals surface area contributed by atoms with Crippen LogP contribution in [0.1, 0.15) is 65.7 Å². The van der Waals surface area contributed by atoms with Crippen LogP contribution in [-0.4, -0.2) is 24.8 Å². The molecule has 16 heavy (non-hydrogen) atoms. The summed E-state index contributed by atoms with van der Waals surface area (Å²) in [5.74, 6) is 0. The molecule has 0 aromatic carbocycles. The maximum absolute atomic E-state index is 3.45. The van der Waals surface area contributed by atoms with E-state index in [9.17, 15) is 0 Å². The lowest BCUT2D eigenvalue weighted by Crippen LogP contribution is -2.49. The summed E-state index contributed by atoms with van der Waals surface area (Å²) in [6.07, 6.45) is 8.95. The van der Waals surface area contributed by atoms with Crippen molar-refractivity contribution in [1.82, 2.24) is 16.0 Å². The normalized spacial score (nSPS) is 11.2. The van der Waals surface area contributed by atoms with Crippen molar-refractivity contribution in [2.45, 2.75) is 65.7 Å². The van der Waals surface area contributed by atoms with Gasteiger partial charge >= 0.3 is 0 Å². The maximum atomic E-state index is 3.45. The monoisotopic (exact) mass is 229 g/mol. The minimum atomic E-state index is 1.08. The first-order valence-corrected chi connectivity index (χ1v) is 7.09. The third kappa shape index (κ3) is 10.4. The van der Waals surface area contributed by atoms with Gasteiger partial charge in [-0.3, -0.25) is 0 Å². The lowest BCUT2D eigenvalue weighted by atomic mass is 10.2. The number of hydrazine groups is 2. The molecular weight excluding hydrogens is 198 g/mol. The first-order chi connectivity index (χ1) is 7.85. The van der Waals surface area contributed by atoms with Crippen molar-refractivity contribution in [3.63, 3.8) is 0 Å². The highest BCUT2D eigenvalue weighted by molar-refractivity contribution is 4.49. The molecule has 0 aliphatic heterocycles. The Bertz CT molecular complexity index is 116. The Morgan fingerprint density at radius 3 is 1.56 bits per heavy atom. The van der Waals surface area contributed by atoms with Gasteiger partial charge in [-0.2, -0.15) is 5.12 Å². The van der Waals surface area contributed by atoms with Crippen LogP contribution >= 0.6 is 0 Å². The van der Waals surface area contributed by atoms with Gasteiger partial charge in [0.25, 0.3) is 0 Å². The molecule has 0 rings (SSSR count). The van der Waals surface area contributed by atoms with Gasteiger partial charge in [0.15, 0.2) is 0 Å². The maximum Gasteiger partial charge on any atom is 0.0285 e. The molecule has 0 aliphatic carbocycles. The van der Waals surface area contributed by atoms with E-state index in [1.807, 2.05) is 0 Å². The molecule has 98 valence electrons. The van der Waals surface area contributed by atoms with Crippen LogP contribution in [0.25, 0.3) is 0 Å². The van der Waals surface area contributed by atoms with Gasteiger partial charge in [-0.15, -0.1) is 0 Å². The van der Waals surface area contributed by atoms with Crippen molar-refractivity contribution >= 4 is 0 Å². The molecule has 0 unspecified atom stereocenters. The molecule has 0 amide bonds. The molecule has 0 bridgehead atoms. The Balaban J connectivity index is 3.45. The average Bonchev–Trinajstić information content (AvgIpc) is 2.30. The number of hydrogen-bond acceptors (Lipinski definition) is 3. The molecule has 0 aromatic rings. The van der Waals surface area contributed by atoms with E-state index in [0.29, 0.717) is 0 Å². The van der Waals surface area contributed by atoms with Crippen LogP contribution < -0.4 is 10.9 Å². The van der Waals surface area contributed by atoms with E-state index < -0.39 is 0 Å². The van der Waals surface area contributed by atoms with Crippen molar-refractivity contribution in [1.29, 1.82) is 0 Å². The van der Waals surface area contributed by atoms with Gasteiger partial charge in [-0.1, -0.05) is 46.5 Å². The predicted molar refractivity (Wildman–Crippen MR) is 72.1 cm³/mol. The standard InChI is InChI=1S/C13H31N3/c1-4-7-9-11-14-16(13-6-3)15-12-10-8-5-2/h14-15H,4-13H2,1-3H3. The highest BCUT2D eigenvalue weighted by atomic mass is 15.7. The summed E-state index contributed by atoms with van der Waals surface area (Å²) < 4.78 is 0. The summed E-state index contributed by atoms with van der Waals surface area (Å²) in [5.41, 5.74) is 6.91. The minimum absolute atomic E-state index is 1.08. The fourth-order valence-electron chi connectivity index (χ4n) is 1.62. The van der Waals surface area contributed by atoms with Gasteiger partial charge in [0.1, 0.15) is 0 Å². The molecular formula is C13H31N3. The minimum Gasteiger partial charge on any atom is -0.242 e. The molecule has 0 aliphatic rings. The summed E-state index contributed by atoms with van der Waals surface area (Å²) in [7, 11) is 0. The van der Waals surface area contributed by atoms with Gasteiger partial charge < -0.3 is 0 Å². The van der Waals surface area contributed by atoms with Crippen LogP contribution in [0.3, 0.4) is 0 Å². The number of nitrogens with one attached hydrogen (secondary N) is 2. The molecule has 0 fully saturated rings. The first-order valence-electron chi connectivity index (χ1n) is 7.09. The lowest BCUT2D eigenvalue weighted by molar-refractivity contribution is 0.112. The highest BCUT2D eigenvalue weighted by Gasteiger charge is 2.00. The lowest BCUT2D eigenvalue weighted by Gasteiger charge is -2.23. The van der Waals surface area contributed by atoms with Crippen molar-refractivity contribution in [2.24, 2.45) is 0 Å². The summed E-state index contributed by atoms with van der Waals surface area (Å²) in [5, 5.41) is 2.17. The third-order valence-electron chi connectivity index (χ3n) is 2.61. The first kappa shape index (κ1) is 15.9. The van der Waals surface area contributed by atoms with E-state index in [4.69, 9.17) is 0 Å². The summed E-state index contributed by atoms with van der Waals surface area (Å²) in [6.45, 7) is 9.97. The van der Waals surface area contributed by atoms with E-state index in [0.717, 1.165) is 19.6 Å². The van der Waals surface area contributed by atoms with Crippen molar-refractivity contribution in [3.05, 3.63) is 0 Å². The average molecular weight is 229 g/mol. The Hall–Kier alpha value is -0.120. The summed E-state index contributed by atoms with van der Waals surface area (Å²) >= 11 is 0. The fraction of sp³-hybridized carbons (Fsp3) is 1.00. The van der Waals surface area contributed by atoms with Crippen molar-refractivity contribution < 1.29 is 0 Å². The molecule has 0 atom stereocenters. The fourth-order valence-corrected chi connectivity index (χ4v) is 1.62. The van der Waals surface area contributed by atoms with E-state index in [1.165, 1.54) is 44.9 Å². The van der Waals surface area contributed by atoms with Crippen LogP contribution in [-0.2, 0) is 0 Å². The molecule has 2 N–H and O–H groups in total. The number of rotatable bonds is 12. The third-order valence-corrected chi connectivity index (χ3v) is 2.61. The van der Waals surface area contributed by atoms with Gasteiger partial charge in [0.2, 0.25) is 0 Å². The number of hydrogen-bond donors (Lipinski definition) is 2. The Morgan fingerprint density at radius 1 is 0.688 bits per heavy atom. The van der Waals surface area contributed by atoms with E-state index >= 15 is 0 Å². The van der Waals surface area contributed by atoms with Crippen LogP contribution in [0.5, 0.6) is 0 Å². The molecule has 0 aromatic heterocycles. The molecule has 0 spiro atoms. The van der Waals surface area contributed by atoms with E-state index in [1.54, 1.807) is 0 Å². The predicted octanol–water partition coefficient (Wildman–Crippen LogP) is 3.09. The summed E-state index contributed by atoms with van der Waals surface area (Å²) in [4.78, 5) is 0. The SMILES string of the molecule is CCCCCNN(CCC)NCCCCC. The van der Waals surface area contributed by atoms with Crippen molar-refractivity contribution in [3.8, 4) is 0 Å². The Kier molecular flexibility index (Phi) is 12.9. The second-order valence-electron chi connectivity index (χ2n) is 4.38. The van der Waals surface area contributed by atoms with Gasteiger partial charge in [0.05, 0.1) is 0 Å².